The predicted molar refractivity (Wildman–Crippen MR) is 103 cm³/mol. The zero-order chi connectivity index (χ0) is 17.1. The number of fused-ring (bicyclic) bond motifs is 1. The number of nitrogens with one attached hydrogen (secondary N) is 1. The van der Waals surface area contributed by atoms with Gasteiger partial charge in [-0.15, -0.1) is 11.3 Å². The minimum Gasteiger partial charge on any atom is -0.264 e. The molecule has 0 aliphatic rings. The van der Waals surface area contributed by atoms with Crippen LogP contribution >= 0.6 is 22.9 Å². The molecule has 1 N–H and O–H groups in total. The van der Waals surface area contributed by atoms with Crippen molar-refractivity contribution >= 4 is 45.2 Å². The number of hydrogen-bond donors (Lipinski definition) is 1. The van der Waals surface area contributed by atoms with Gasteiger partial charge in [0.05, 0.1) is 16.4 Å². The average molecular weight is 366 g/mol. The molecule has 0 amide bonds. The minimum absolute atomic E-state index is 0.676. The summed E-state index contributed by atoms with van der Waals surface area (Å²) in [6, 6.07) is 13.6. The second kappa shape index (κ2) is 6.96. The lowest BCUT2D eigenvalue weighted by Gasteiger charge is -1.99. The maximum absolute atomic E-state index is 5.96. The van der Waals surface area contributed by atoms with Crippen LogP contribution in [0.15, 0.2) is 66.3 Å². The van der Waals surface area contributed by atoms with Crippen molar-refractivity contribution in [3.63, 3.8) is 0 Å². The van der Waals surface area contributed by atoms with Gasteiger partial charge in [-0.3, -0.25) is 10.4 Å². The van der Waals surface area contributed by atoms with Gasteiger partial charge < -0.3 is 0 Å². The molecule has 122 valence electrons. The third-order valence-electron chi connectivity index (χ3n) is 3.51. The Morgan fingerprint density at radius 1 is 1.12 bits per heavy atom. The van der Waals surface area contributed by atoms with E-state index in [9.17, 15) is 0 Å². The molecule has 5 nitrogen and oxygen atoms in total. The monoisotopic (exact) mass is 365 g/mol. The number of hydrogen-bond acceptors (Lipinski definition) is 6. The second-order valence-electron chi connectivity index (χ2n) is 5.21. The van der Waals surface area contributed by atoms with Gasteiger partial charge >= 0.3 is 0 Å². The SMILES string of the molecule is Clc1ccc(-c2cc3ncnc(NN=Cc4cccnc4)c3s2)cc1. The summed E-state index contributed by atoms with van der Waals surface area (Å²) in [6.45, 7) is 0. The molecule has 0 radical (unpaired) electrons. The lowest BCUT2D eigenvalue weighted by Crippen LogP contribution is -1.94. The van der Waals surface area contributed by atoms with Crippen LogP contribution in [0.25, 0.3) is 20.7 Å². The molecular formula is C18H12ClN5S. The van der Waals surface area contributed by atoms with E-state index in [0.29, 0.717) is 5.82 Å². The van der Waals surface area contributed by atoms with E-state index >= 15 is 0 Å². The van der Waals surface area contributed by atoms with E-state index in [0.717, 1.165) is 31.2 Å². The molecular weight excluding hydrogens is 354 g/mol. The zero-order valence-corrected chi connectivity index (χ0v) is 14.5. The molecule has 0 saturated heterocycles. The van der Waals surface area contributed by atoms with Crippen molar-refractivity contribution in [2.75, 3.05) is 5.43 Å². The molecule has 0 bridgehead atoms. The van der Waals surface area contributed by atoms with Crippen molar-refractivity contribution in [3.05, 3.63) is 71.8 Å². The number of nitrogens with zero attached hydrogens (tertiary/aromatic N) is 4. The van der Waals surface area contributed by atoms with Gasteiger partial charge in [-0.2, -0.15) is 5.10 Å². The van der Waals surface area contributed by atoms with Crippen LogP contribution in [0.1, 0.15) is 5.56 Å². The number of thiophene rings is 1. The quantitative estimate of drug-likeness (QED) is 0.414. The van der Waals surface area contributed by atoms with E-state index in [-0.39, 0.29) is 0 Å². The summed E-state index contributed by atoms with van der Waals surface area (Å²) < 4.78 is 0.954. The lowest BCUT2D eigenvalue weighted by atomic mass is 10.2. The number of pyridine rings is 1. The van der Waals surface area contributed by atoms with Crippen LogP contribution in [0.3, 0.4) is 0 Å². The highest BCUT2D eigenvalue weighted by atomic mass is 35.5. The lowest BCUT2D eigenvalue weighted by molar-refractivity contribution is 1.19. The Morgan fingerprint density at radius 3 is 2.80 bits per heavy atom. The van der Waals surface area contributed by atoms with Crippen LogP contribution in [0.5, 0.6) is 0 Å². The molecule has 0 atom stereocenters. The maximum Gasteiger partial charge on any atom is 0.167 e. The Bertz CT molecular complexity index is 1030. The first-order valence-corrected chi connectivity index (χ1v) is 8.68. The Kier molecular flexibility index (Phi) is 4.37. The molecule has 0 aliphatic carbocycles. The van der Waals surface area contributed by atoms with E-state index in [1.165, 1.54) is 6.33 Å². The summed E-state index contributed by atoms with van der Waals surface area (Å²) in [5, 5.41) is 4.96. The van der Waals surface area contributed by atoms with Crippen molar-refractivity contribution in [1.29, 1.82) is 0 Å². The van der Waals surface area contributed by atoms with Crippen LogP contribution in [0.2, 0.25) is 5.02 Å². The summed E-state index contributed by atoms with van der Waals surface area (Å²) in [5.41, 5.74) is 5.87. The Hall–Kier alpha value is -2.83. The van der Waals surface area contributed by atoms with Gasteiger partial charge in [0.1, 0.15) is 6.33 Å². The number of rotatable bonds is 4. The molecule has 0 saturated carbocycles. The highest BCUT2D eigenvalue weighted by Crippen LogP contribution is 2.35. The van der Waals surface area contributed by atoms with Gasteiger partial charge in [0.15, 0.2) is 5.82 Å². The number of aromatic nitrogens is 3. The standard InChI is InChI=1S/C18H12ClN5S/c19-14-5-3-13(4-6-14)16-8-15-17(25-16)18(22-11-21-15)24-23-10-12-2-1-7-20-9-12/h1-11H,(H,21,22,24). The zero-order valence-electron chi connectivity index (χ0n) is 12.9. The molecule has 0 spiro atoms. The average Bonchev–Trinajstić information content (AvgIpc) is 3.08. The smallest absolute Gasteiger partial charge is 0.167 e. The molecule has 1 aromatic carbocycles. The van der Waals surface area contributed by atoms with Gasteiger partial charge in [0.2, 0.25) is 0 Å². The molecule has 3 heterocycles. The topological polar surface area (TPSA) is 63.1 Å². The summed E-state index contributed by atoms with van der Waals surface area (Å²) >= 11 is 7.57. The maximum atomic E-state index is 5.96. The Balaban J connectivity index is 1.63. The first-order valence-electron chi connectivity index (χ1n) is 7.49. The van der Waals surface area contributed by atoms with Crippen molar-refractivity contribution in [1.82, 2.24) is 15.0 Å². The Morgan fingerprint density at radius 2 is 2.00 bits per heavy atom. The van der Waals surface area contributed by atoms with E-state index < -0.39 is 0 Å². The van der Waals surface area contributed by atoms with Gasteiger partial charge in [-0.25, -0.2) is 9.97 Å². The molecule has 7 heteroatoms. The highest BCUT2D eigenvalue weighted by molar-refractivity contribution is 7.22. The van der Waals surface area contributed by atoms with Crippen molar-refractivity contribution in [2.45, 2.75) is 0 Å². The van der Waals surface area contributed by atoms with Crippen LogP contribution in [-0.2, 0) is 0 Å². The number of halogens is 1. The predicted octanol–water partition coefficient (Wildman–Crippen LogP) is 4.85. The molecule has 4 rings (SSSR count). The fourth-order valence-electron chi connectivity index (χ4n) is 2.31. The third kappa shape index (κ3) is 3.50. The van der Waals surface area contributed by atoms with Gasteiger partial charge in [-0.1, -0.05) is 29.8 Å². The van der Waals surface area contributed by atoms with Crippen molar-refractivity contribution in [3.8, 4) is 10.4 Å². The van der Waals surface area contributed by atoms with Crippen LogP contribution in [0, 0.1) is 0 Å². The van der Waals surface area contributed by atoms with Crippen LogP contribution in [-0.4, -0.2) is 21.2 Å². The fourth-order valence-corrected chi connectivity index (χ4v) is 3.49. The fraction of sp³-hybridized carbons (Fsp3) is 0. The summed E-state index contributed by atoms with van der Waals surface area (Å²) in [5.74, 6) is 0.676. The first-order chi connectivity index (χ1) is 12.3. The van der Waals surface area contributed by atoms with Crippen molar-refractivity contribution < 1.29 is 0 Å². The molecule has 3 aromatic heterocycles. The van der Waals surface area contributed by atoms with E-state index in [2.05, 4.69) is 25.5 Å². The number of hydrazone groups is 1. The van der Waals surface area contributed by atoms with Gasteiger partial charge in [0.25, 0.3) is 0 Å². The molecule has 4 aromatic rings. The van der Waals surface area contributed by atoms with E-state index in [4.69, 9.17) is 11.6 Å². The number of anilines is 1. The normalized spacial score (nSPS) is 11.2. The summed E-state index contributed by atoms with van der Waals surface area (Å²) in [6.07, 6.45) is 6.70. The molecule has 25 heavy (non-hydrogen) atoms. The number of benzene rings is 1. The molecule has 0 unspecified atom stereocenters. The van der Waals surface area contributed by atoms with Gasteiger partial charge in [-0.05, 0) is 29.8 Å². The minimum atomic E-state index is 0.676. The molecule has 0 aliphatic heterocycles. The third-order valence-corrected chi connectivity index (χ3v) is 4.94. The first kappa shape index (κ1) is 15.7. The van der Waals surface area contributed by atoms with Crippen LogP contribution in [0.4, 0.5) is 5.82 Å². The summed E-state index contributed by atoms with van der Waals surface area (Å²) in [7, 11) is 0. The second-order valence-corrected chi connectivity index (χ2v) is 6.70. The summed E-state index contributed by atoms with van der Waals surface area (Å²) in [4.78, 5) is 13.8. The van der Waals surface area contributed by atoms with E-state index in [1.54, 1.807) is 29.9 Å². The van der Waals surface area contributed by atoms with Crippen LogP contribution < -0.4 is 5.43 Å². The largest absolute Gasteiger partial charge is 0.264 e. The highest BCUT2D eigenvalue weighted by Gasteiger charge is 2.10. The Labute approximate surface area is 153 Å². The van der Waals surface area contributed by atoms with Crippen molar-refractivity contribution in [2.24, 2.45) is 5.10 Å². The molecule has 0 fully saturated rings. The van der Waals surface area contributed by atoms with E-state index in [1.807, 2.05) is 42.5 Å². The van der Waals surface area contributed by atoms with Gasteiger partial charge in [0, 0.05) is 27.9 Å².